The highest BCUT2D eigenvalue weighted by Crippen LogP contribution is 2.13. The number of aromatic amines is 1. The molecule has 6 aromatic heterocycles. The van der Waals surface area contributed by atoms with E-state index in [1.807, 2.05) is 221 Å². The fourth-order valence-electron chi connectivity index (χ4n) is 5.07. The summed E-state index contributed by atoms with van der Waals surface area (Å²) < 4.78 is 11.8. The molecule has 0 spiro atoms. The third-order valence-corrected chi connectivity index (χ3v) is 8.36. The molecular formula is C54H109N12+. The van der Waals surface area contributed by atoms with Gasteiger partial charge in [-0.2, -0.15) is 15.3 Å². The van der Waals surface area contributed by atoms with Crippen LogP contribution in [-0.2, 0) is 42.3 Å². The number of nitrogens with one attached hydrogen (secondary N) is 1. The quantitative estimate of drug-likeness (QED) is 0.167. The second-order valence-corrected chi connectivity index (χ2v) is 15.5. The van der Waals surface area contributed by atoms with Gasteiger partial charge in [0.05, 0.1) is 36.4 Å². The Kier molecular flexibility index (Phi) is 51.6. The van der Waals surface area contributed by atoms with Crippen LogP contribution in [0.25, 0.3) is 0 Å². The van der Waals surface area contributed by atoms with Crippen molar-refractivity contribution in [3.63, 3.8) is 0 Å². The van der Waals surface area contributed by atoms with Crippen LogP contribution in [0.4, 0.5) is 0 Å². The van der Waals surface area contributed by atoms with Crippen LogP contribution in [0.3, 0.4) is 0 Å². The predicted octanol–water partition coefficient (Wildman–Crippen LogP) is 14.8. The highest BCUT2D eigenvalue weighted by molar-refractivity contribution is 5.08. The SMILES string of the molecule is CC.CC.CC.CC.CC.CC.CC(C)c1cc[nH][n+]1C.CC(C)c1ccn(C)n1.CC(C)c1cn(C)cn1.CC(C)c1cncn1C.CC(C)c1cnn(C)c1.CC(C)c1nccn1C. The van der Waals surface area contributed by atoms with Gasteiger partial charge in [0.25, 0.3) is 0 Å². The number of hydrogen-bond donors (Lipinski definition) is 1. The Hall–Kier alpha value is -4.74. The van der Waals surface area contributed by atoms with Gasteiger partial charge in [0, 0.05) is 96.0 Å². The number of H-pyrrole nitrogens is 1. The molecule has 0 saturated heterocycles. The summed E-state index contributed by atoms with van der Waals surface area (Å²) in [6.07, 6.45) is 19.3. The lowest BCUT2D eigenvalue weighted by Gasteiger charge is -2.03. The molecule has 0 saturated carbocycles. The second-order valence-electron chi connectivity index (χ2n) is 15.5. The van der Waals surface area contributed by atoms with Crippen molar-refractivity contribution in [3.8, 4) is 0 Å². The first kappa shape index (κ1) is 72.8. The minimum absolute atomic E-state index is 0.532. The molecule has 384 valence electrons. The van der Waals surface area contributed by atoms with Crippen molar-refractivity contribution in [2.75, 3.05) is 0 Å². The maximum Gasteiger partial charge on any atom is 0.209 e. The van der Waals surface area contributed by atoms with E-state index in [9.17, 15) is 0 Å². The molecule has 0 aliphatic carbocycles. The summed E-state index contributed by atoms with van der Waals surface area (Å²) in [4.78, 5) is 12.4. The van der Waals surface area contributed by atoms with Gasteiger partial charge in [-0.05, 0) is 35.3 Å². The number of rotatable bonds is 6. The monoisotopic (exact) mass is 926 g/mol. The number of hydrogen-bond acceptors (Lipinski definition) is 5. The van der Waals surface area contributed by atoms with Crippen LogP contribution in [-0.4, -0.2) is 53.3 Å². The summed E-state index contributed by atoms with van der Waals surface area (Å²) in [5.74, 6) is 4.56. The molecule has 0 bridgehead atoms. The van der Waals surface area contributed by atoms with Gasteiger partial charge in [0.15, 0.2) is 7.05 Å². The summed E-state index contributed by atoms with van der Waals surface area (Å²) in [5.41, 5.74) is 6.26. The molecule has 12 heteroatoms. The molecule has 12 nitrogen and oxygen atoms in total. The molecule has 0 aromatic carbocycles. The number of nitrogens with zero attached hydrogens (tertiary/aromatic N) is 11. The van der Waals surface area contributed by atoms with Crippen molar-refractivity contribution in [1.82, 2.24) is 53.3 Å². The summed E-state index contributed by atoms with van der Waals surface area (Å²) in [6.45, 7) is 49.9. The highest BCUT2D eigenvalue weighted by Gasteiger charge is 2.10. The number of aromatic nitrogens is 12. The summed E-state index contributed by atoms with van der Waals surface area (Å²) in [5, 5.41) is 11.3. The van der Waals surface area contributed by atoms with Gasteiger partial charge >= 0.3 is 0 Å². The first-order chi connectivity index (χ1) is 31.2. The molecule has 0 aliphatic rings. The molecule has 0 aliphatic heterocycles. The van der Waals surface area contributed by atoms with E-state index in [2.05, 4.69) is 119 Å². The van der Waals surface area contributed by atoms with E-state index in [0.29, 0.717) is 35.5 Å². The lowest BCUT2D eigenvalue weighted by atomic mass is 10.1. The van der Waals surface area contributed by atoms with Crippen LogP contribution in [0, 0.1) is 0 Å². The van der Waals surface area contributed by atoms with E-state index < -0.39 is 0 Å². The molecule has 0 radical (unpaired) electrons. The molecule has 0 atom stereocenters. The molecule has 6 rings (SSSR count). The topological polar surface area (TPSA) is 109 Å². The highest BCUT2D eigenvalue weighted by atomic mass is 15.3. The van der Waals surface area contributed by atoms with Gasteiger partial charge in [-0.15, -0.1) is 4.68 Å². The van der Waals surface area contributed by atoms with E-state index in [1.165, 1.54) is 17.0 Å². The minimum Gasteiger partial charge on any atom is -0.340 e. The first-order valence-electron chi connectivity index (χ1n) is 25.2. The van der Waals surface area contributed by atoms with Crippen molar-refractivity contribution in [1.29, 1.82) is 0 Å². The zero-order chi connectivity index (χ0) is 53.1. The van der Waals surface area contributed by atoms with Crippen molar-refractivity contribution in [3.05, 3.63) is 109 Å². The standard InChI is InChI=1S/6C7H12N2.6C2H6/c1-6(2)7-4-9(3)5-8-7;1-6(2)7-4-8-5-9(7)3;1-6(2)7-4-8-9(3)5-7;1-6(2)7-8-4-5-9(7)3;1-6(2)7-4-5-9(3)8-7;1-6(2)7-4-5-8-9(7)3;6*1-2/h6*4-6H,1-3H3;6*1-2H3/p+1. The Morgan fingerprint density at radius 2 is 1.05 bits per heavy atom. The van der Waals surface area contributed by atoms with Crippen molar-refractivity contribution in [2.45, 2.75) is 202 Å². The van der Waals surface area contributed by atoms with Crippen LogP contribution < -0.4 is 4.68 Å². The van der Waals surface area contributed by atoms with Gasteiger partial charge < -0.3 is 13.7 Å². The largest absolute Gasteiger partial charge is 0.340 e. The smallest absolute Gasteiger partial charge is 0.209 e. The Labute approximate surface area is 409 Å². The van der Waals surface area contributed by atoms with E-state index >= 15 is 0 Å². The van der Waals surface area contributed by atoms with Crippen LogP contribution in [0.2, 0.25) is 0 Å². The minimum atomic E-state index is 0.532. The molecule has 66 heavy (non-hydrogen) atoms. The van der Waals surface area contributed by atoms with Gasteiger partial charge in [-0.25, -0.2) is 15.0 Å². The predicted molar refractivity (Wildman–Crippen MR) is 291 cm³/mol. The van der Waals surface area contributed by atoms with Crippen molar-refractivity contribution < 1.29 is 4.68 Å². The zero-order valence-electron chi connectivity index (χ0n) is 48.8. The molecule has 0 fully saturated rings. The third kappa shape index (κ3) is 34.6. The number of imidazole rings is 3. The average molecular weight is 927 g/mol. The van der Waals surface area contributed by atoms with Crippen LogP contribution in [0.5, 0.6) is 0 Å². The van der Waals surface area contributed by atoms with Gasteiger partial charge in [0.2, 0.25) is 5.69 Å². The van der Waals surface area contributed by atoms with Crippen LogP contribution in [0.1, 0.15) is 236 Å². The Morgan fingerprint density at radius 3 is 1.23 bits per heavy atom. The zero-order valence-corrected chi connectivity index (χ0v) is 48.8. The summed E-state index contributed by atoms with van der Waals surface area (Å²) >= 11 is 0. The molecule has 6 heterocycles. The number of aryl methyl sites for hydroxylation is 6. The normalized spacial score (nSPS) is 9.27. The lowest BCUT2D eigenvalue weighted by Crippen LogP contribution is -2.34. The third-order valence-electron chi connectivity index (χ3n) is 8.36. The van der Waals surface area contributed by atoms with Gasteiger partial charge in [-0.1, -0.05) is 166 Å². The molecule has 6 aromatic rings. The Morgan fingerprint density at radius 1 is 0.515 bits per heavy atom. The second kappa shape index (κ2) is 46.8. The summed E-state index contributed by atoms with van der Waals surface area (Å²) in [6, 6.07) is 4.15. The molecular weight excluding hydrogens is 817 g/mol. The lowest BCUT2D eigenvalue weighted by molar-refractivity contribution is -0.734. The van der Waals surface area contributed by atoms with E-state index in [4.69, 9.17) is 0 Å². The Bertz CT molecular complexity index is 1610. The van der Waals surface area contributed by atoms with Crippen molar-refractivity contribution >= 4 is 0 Å². The summed E-state index contributed by atoms with van der Waals surface area (Å²) in [7, 11) is 11.9. The maximum absolute atomic E-state index is 4.23. The van der Waals surface area contributed by atoms with Gasteiger partial charge in [-0.3, -0.25) is 9.36 Å². The average Bonchev–Trinajstić information content (AvgIpc) is 4.18. The fourth-order valence-corrected chi connectivity index (χ4v) is 5.07. The van der Waals surface area contributed by atoms with E-state index in [1.54, 1.807) is 0 Å². The molecule has 1 N–H and O–H groups in total. The van der Waals surface area contributed by atoms with E-state index in [0.717, 1.165) is 17.2 Å². The fraction of sp³-hybridized carbons (Fsp3) is 0.667. The molecule has 0 amide bonds. The molecule has 0 unspecified atom stereocenters. The Balaban J connectivity index is -0.000000156. The van der Waals surface area contributed by atoms with Crippen LogP contribution >= 0.6 is 0 Å². The maximum atomic E-state index is 4.23. The van der Waals surface area contributed by atoms with Crippen LogP contribution in [0.15, 0.2) is 74.4 Å². The van der Waals surface area contributed by atoms with Gasteiger partial charge in [0.1, 0.15) is 5.82 Å². The van der Waals surface area contributed by atoms with E-state index in [-0.39, 0.29) is 0 Å². The first-order valence-corrected chi connectivity index (χ1v) is 25.2. The van der Waals surface area contributed by atoms with Crippen molar-refractivity contribution in [2.24, 2.45) is 42.3 Å².